The molecule has 12 saturated heterocycles. The molecule has 12 fully saturated rings. The number of fused-ring (bicyclic) bond motifs is 6. The van der Waals surface area contributed by atoms with E-state index in [-0.39, 0.29) is 148 Å². The molecule has 14 rings (SSSR count). The number of thioether (sulfide) groups is 6. The van der Waals surface area contributed by atoms with Crippen molar-refractivity contribution in [1.82, 2.24) is 52.3 Å². The first-order chi connectivity index (χ1) is 53.5. The summed E-state index contributed by atoms with van der Waals surface area (Å²) in [6.07, 6.45) is 5.40. The number of urea groups is 4. The van der Waals surface area contributed by atoms with E-state index in [1.807, 2.05) is 70.1 Å². The van der Waals surface area contributed by atoms with Crippen LogP contribution in [0.15, 0.2) is 76.0 Å². The van der Waals surface area contributed by atoms with Gasteiger partial charge in [0.05, 0.1) is 76.8 Å². The number of carboxylic acids is 2. The quantitative estimate of drug-likeness (QED) is 0.0135. The number of ether oxygens (including phenoxy) is 4. The summed E-state index contributed by atoms with van der Waals surface area (Å²) in [6, 6.07) is 17.7. The number of amides is 10. The molecule has 0 saturated carbocycles. The first-order valence-electron chi connectivity index (χ1n) is 36.0. The zero-order valence-corrected chi connectivity index (χ0v) is 66.0. The molecule has 0 radical (unpaired) electrons. The van der Waals surface area contributed by atoms with Crippen molar-refractivity contribution in [3.8, 4) is 0 Å². The Labute approximate surface area is 664 Å². The van der Waals surface area contributed by atoms with Gasteiger partial charge in [-0.3, -0.25) is 38.4 Å². The van der Waals surface area contributed by atoms with E-state index in [4.69, 9.17) is 36.3 Å². The number of aliphatic carboxylic acids is 2. The van der Waals surface area contributed by atoms with Gasteiger partial charge in [0.25, 0.3) is 0 Å². The number of carbonyl (C=O) groups is 12. The lowest BCUT2D eigenvalue weighted by Gasteiger charge is -2.30. The highest BCUT2D eigenvalue weighted by molar-refractivity contribution is 8.01. The van der Waals surface area contributed by atoms with Gasteiger partial charge in [-0.15, -0.1) is 0 Å². The van der Waals surface area contributed by atoms with E-state index in [2.05, 4.69) is 94.2 Å². The molecule has 10 amide bonds. The molecular weight excluding hydrogens is 1560 g/mol. The van der Waals surface area contributed by atoms with Crippen molar-refractivity contribution in [2.24, 2.45) is 27.2 Å². The van der Waals surface area contributed by atoms with E-state index < -0.39 is 42.0 Å². The topological polar surface area (TPSA) is 531 Å². The lowest BCUT2D eigenvalue weighted by atomic mass is 9.96. The summed E-state index contributed by atoms with van der Waals surface area (Å²) in [6.45, 7) is 1.25. The molecule has 12 heterocycles. The van der Waals surface area contributed by atoms with Crippen LogP contribution in [0.3, 0.4) is 0 Å². The van der Waals surface area contributed by atoms with E-state index in [0.29, 0.717) is 74.5 Å². The van der Waals surface area contributed by atoms with Crippen LogP contribution >= 0.6 is 70.6 Å². The number of hydrogen-bond acceptors (Lipinski definition) is 25. The zero-order valence-electron chi connectivity index (χ0n) is 61.1. The highest BCUT2D eigenvalue weighted by atomic mass is 32.2. The van der Waals surface area contributed by atoms with E-state index in [9.17, 15) is 57.5 Å². The Kier molecular flexibility index (Phi) is 32.9. The molecule has 2 aromatic rings. The maximum absolute atomic E-state index is 12.5. The lowest BCUT2D eigenvalue weighted by molar-refractivity contribution is -0.143. The van der Waals surface area contributed by atoms with E-state index in [0.717, 1.165) is 52.9 Å². The van der Waals surface area contributed by atoms with Crippen LogP contribution in [0, 0.1) is 11.8 Å². The van der Waals surface area contributed by atoms with Gasteiger partial charge in [-0.2, -0.15) is 70.6 Å². The number of hydrogen-bond donors (Lipinski definition) is 10. The van der Waals surface area contributed by atoms with Crippen molar-refractivity contribution < 1.29 is 86.7 Å². The largest absolute Gasteiger partial charge is 0.481 e. The number of esters is 4. The molecule has 37 nitrogen and oxygen atoms in total. The van der Waals surface area contributed by atoms with Crippen molar-refractivity contribution in [3.63, 3.8) is 0 Å². The minimum Gasteiger partial charge on any atom is -0.481 e. The standard InChI is InChI=1S/C17H20N4O3S.C17H21NO3S.C9H13N5O3S.C9H14N2O3S.C8H11N5O3S.C8H12N2O3S/c1-24-17(23)13(19-20-18)8-14-16-12(10-25-14)7-15(22)21(16)9-11-5-3-2-4-6-11;1-21-16(20)8-7-14-17-13(11-22-14)9-15(19)18(17)10-12-5-3-2-4-6-12;1-17-8(15)4(13-14-10)2-6-7-5(3-18-6)11-9(16)12-7;1-14-7(12)3-2-6-8-5(4-15-6)10-9(13)11-8;9-13-12-3(7(14)15)1-5-6-4(2-17-5)10-8(16)11-6;11-6(12)2-1-5-7-4(3-14-5)9-8(13)10-7/h2-6,12-14,16H,7-10H2,1H3;2-6,13-14,17H,7-11H2,1H3;4-7H,2-3H2,1H3,(H2,11,12,16);5-6,8H,2-4H2,1H3,(H2,10,11,13);3-6H,1-2H2,(H,14,15)(H2,10,11,16);4-5,7H,1-3H2,(H,11,12)(H2,9,10,13)/t12-,13?,14-,16-;13-,14-,17-;4?,5-,6-,7-;5-,6-,8-;3?,4-,5-,6-;4-,5-,7-/m000000/s1. The van der Waals surface area contributed by atoms with Gasteiger partial charge in [-0.05, 0) is 89.6 Å². The van der Waals surface area contributed by atoms with E-state index in [1.165, 1.54) is 34.0 Å². The van der Waals surface area contributed by atoms with Crippen LogP contribution in [0.25, 0.3) is 31.3 Å². The second-order valence-corrected chi connectivity index (χ2v) is 35.2. The number of methoxy groups -OCH3 is 4. The molecule has 0 aliphatic carbocycles. The second kappa shape index (κ2) is 42.3. The summed E-state index contributed by atoms with van der Waals surface area (Å²) in [7, 11) is 5.36. The zero-order chi connectivity index (χ0) is 79.8. The number of rotatable bonds is 25. The number of carboxylic acid groups (broad SMARTS) is 2. The van der Waals surface area contributed by atoms with Crippen molar-refractivity contribution in [2.75, 3.05) is 63.0 Å². The number of likely N-dealkylation sites (tertiary alicyclic amines) is 2. The number of nitrogens with one attached hydrogen (secondary N) is 8. The van der Waals surface area contributed by atoms with Crippen LogP contribution in [0.5, 0.6) is 0 Å². The molecule has 111 heavy (non-hydrogen) atoms. The fourth-order valence-electron chi connectivity index (χ4n) is 15.4. The Morgan fingerprint density at radius 1 is 0.441 bits per heavy atom. The third-order valence-electron chi connectivity index (χ3n) is 20.7. The summed E-state index contributed by atoms with van der Waals surface area (Å²) in [4.78, 5) is 148. The maximum Gasteiger partial charge on any atom is 0.315 e. The Hall–Kier alpha value is -8.69. The van der Waals surface area contributed by atoms with Crippen molar-refractivity contribution >= 4 is 142 Å². The van der Waals surface area contributed by atoms with Crippen molar-refractivity contribution in [1.29, 1.82) is 0 Å². The Balaban J connectivity index is 0.000000155. The Morgan fingerprint density at radius 3 is 1.14 bits per heavy atom. The Morgan fingerprint density at radius 2 is 0.766 bits per heavy atom. The molecule has 10 N–H and O–H groups in total. The summed E-state index contributed by atoms with van der Waals surface area (Å²) in [5, 5.41) is 51.2. The van der Waals surface area contributed by atoms with Crippen molar-refractivity contribution in [2.45, 2.75) is 194 Å². The fraction of sp³-hybridized carbons (Fsp3) is 0.647. The number of azide groups is 3. The summed E-state index contributed by atoms with van der Waals surface area (Å²) in [5.74, 6) is 3.05. The third kappa shape index (κ3) is 23.7. The molecule has 12 aliphatic heterocycles. The van der Waals surface area contributed by atoms with Crippen LogP contribution < -0.4 is 42.5 Å². The molecule has 12 aliphatic rings. The first-order valence-corrected chi connectivity index (χ1v) is 42.3. The maximum atomic E-state index is 12.5. The van der Waals surface area contributed by atoms with Gasteiger partial charge in [-0.1, -0.05) is 76.0 Å². The number of carbonyl (C=O) groups excluding carboxylic acids is 10. The Bertz CT molecular complexity index is 3820. The van der Waals surface area contributed by atoms with Gasteiger partial charge in [0, 0.05) is 127 Å². The number of nitrogens with zero attached hydrogens (tertiary/aromatic N) is 11. The average molecular weight is 1650 g/mol. The summed E-state index contributed by atoms with van der Waals surface area (Å²) in [5.41, 5.74) is 27.7. The first kappa shape index (κ1) is 86.3. The molecule has 0 spiro atoms. The summed E-state index contributed by atoms with van der Waals surface area (Å²) >= 11 is 10.4. The van der Waals surface area contributed by atoms with Crippen LogP contribution in [0.4, 0.5) is 19.2 Å². The highest BCUT2D eigenvalue weighted by Crippen LogP contribution is 2.47. The molecule has 43 heteroatoms. The van der Waals surface area contributed by atoms with Crippen LogP contribution in [-0.2, 0) is 70.4 Å². The van der Waals surface area contributed by atoms with Gasteiger partial charge in [0.15, 0.2) is 0 Å². The van der Waals surface area contributed by atoms with Gasteiger partial charge >= 0.3 is 59.9 Å². The normalized spacial score (nSPS) is 30.0. The van der Waals surface area contributed by atoms with Gasteiger partial charge in [0.1, 0.15) is 18.1 Å². The lowest BCUT2D eigenvalue weighted by Crippen LogP contribution is -2.41. The summed E-state index contributed by atoms with van der Waals surface area (Å²) < 4.78 is 18.7. The minimum atomic E-state index is -1.14. The van der Waals surface area contributed by atoms with E-state index >= 15 is 0 Å². The SMILES string of the molecule is COC(=O)C(C[C@@H]1SC[C@@H]2CC(=O)N(Cc3ccccc3)[C@@H]21)N=[N+]=[N-].COC(=O)C(C[C@@H]1SC[C@@H]2NC(=O)N[C@@H]21)N=[N+]=[N-].COC(=O)CC[C@@H]1SC[C@@H]2CC(=O)N(Cc3ccccc3)[C@@H]21.COC(=O)CC[C@@H]1SC[C@@H]2NC(=O)N[C@@H]21.O=C(O)CC[C@@H]1SC[C@@H]2NC(=O)N[C@@H]21.[N-]=[N+]=NC(C[C@@H]1SC[C@@H]2NC(=O)N[C@@H]21)C(=O)O. The van der Waals surface area contributed by atoms with Crippen LogP contribution in [0.1, 0.15) is 81.8 Å². The second-order valence-electron chi connectivity index (χ2n) is 27.6. The molecule has 3 unspecified atom stereocenters. The molecular formula is C68H91N19O18S6. The van der Waals surface area contributed by atoms with Crippen molar-refractivity contribution in [3.05, 3.63) is 103 Å². The fourth-order valence-corrected chi connectivity index (χ4v) is 24.8. The molecule has 602 valence electrons. The molecule has 0 aromatic heterocycles. The molecule has 0 bridgehead atoms. The van der Waals surface area contributed by atoms with E-state index in [1.54, 1.807) is 58.8 Å². The minimum absolute atomic E-state index is 0.0245. The smallest absolute Gasteiger partial charge is 0.315 e. The predicted octanol–water partition coefficient (Wildman–Crippen LogP) is 6.05. The third-order valence-corrected chi connectivity index (χ3v) is 29.7. The van der Waals surface area contributed by atoms with Gasteiger partial charge < -0.3 is 81.5 Å². The van der Waals surface area contributed by atoms with Crippen LogP contribution in [-0.4, -0.2) is 265 Å². The molecule has 2 aromatic carbocycles. The monoisotopic (exact) mass is 1650 g/mol. The van der Waals surface area contributed by atoms with Gasteiger partial charge in [0.2, 0.25) is 11.8 Å². The highest BCUT2D eigenvalue weighted by Gasteiger charge is 2.52. The predicted molar refractivity (Wildman–Crippen MR) is 416 cm³/mol. The van der Waals surface area contributed by atoms with Crippen LogP contribution in [0.2, 0.25) is 0 Å². The van der Waals surface area contributed by atoms with Gasteiger partial charge in [-0.25, -0.2) is 19.2 Å². The average Bonchev–Trinajstić information content (AvgIpc) is 1.70. The molecule has 21 atom stereocenters. The number of benzene rings is 2.